The third kappa shape index (κ3) is 5.12. The molecule has 1 aromatic carbocycles. The fourth-order valence-electron chi connectivity index (χ4n) is 2.24. The van der Waals surface area contributed by atoms with E-state index < -0.39 is 11.5 Å². The molecule has 0 aromatic heterocycles. The molecule has 0 heterocycles. The maximum Gasteiger partial charge on any atom is 0.330 e. The van der Waals surface area contributed by atoms with Gasteiger partial charge >= 0.3 is 5.97 Å². The molecule has 1 unspecified atom stereocenters. The highest BCUT2D eigenvalue weighted by molar-refractivity contribution is 5.82. The monoisotopic (exact) mass is 294 g/mol. The molecule has 1 rings (SSSR count). The predicted octanol–water partition coefficient (Wildman–Crippen LogP) is 1.37. The van der Waals surface area contributed by atoms with Gasteiger partial charge in [-0.15, -0.1) is 0 Å². The molecule has 118 valence electrons. The van der Waals surface area contributed by atoms with Crippen LogP contribution in [-0.2, 0) is 19.8 Å². The topological polar surface area (TPSA) is 64.8 Å². The highest BCUT2D eigenvalue weighted by Gasteiger charge is 2.36. The summed E-state index contributed by atoms with van der Waals surface area (Å²) in [5.74, 6) is -0.404. The van der Waals surface area contributed by atoms with Gasteiger partial charge in [-0.05, 0) is 25.5 Å². The summed E-state index contributed by atoms with van der Waals surface area (Å²) in [5.41, 5.74) is 6.02. The Hall–Kier alpha value is -1.43. The van der Waals surface area contributed by atoms with E-state index in [1.54, 1.807) is 7.11 Å². The van der Waals surface area contributed by atoms with Crippen molar-refractivity contribution in [1.82, 2.24) is 4.90 Å². The largest absolute Gasteiger partial charge is 0.467 e. The molecule has 0 fully saturated rings. The third-order valence-corrected chi connectivity index (χ3v) is 3.61. The zero-order chi connectivity index (χ0) is 15.7. The summed E-state index contributed by atoms with van der Waals surface area (Å²) >= 11 is 0. The van der Waals surface area contributed by atoms with Crippen molar-refractivity contribution < 1.29 is 14.3 Å². The Bertz CT molecular complexity index is 425. The van der Waals surface area contributed by atoms with Crippen LogP contribution in [0, 0.1) is 0 Å². The number of methoxy groups -OCH3 is 2. The Balaban J connectivity index is 2.69. The first-order valence-corrected chi connectivity index (χ1v) is 7.15. The summed E-state index contributed by atoms with van der Waals surface area (Å²) in [6.45, 7) is 2.35. The molecule has 1 aromatic rings. The predicted molar refractivity (Wildman–Crippen MR) is 82.9 cm³/mol. The molecule has 0 aliphatic carbocycles. The highest BCUT2D eigenvalue weighted by atomic mass is 16.5. The van der Waals surface area contributed by atoms with Crippen LogP contribution in [-0.4, -0.2) is 51.8 Å². The normalized spacial score (nSPS) is 14.0. The van der Waals surface area contributed by atoms with Crippen LogP contribution in [0.1, 0.15) is 18.4 Å². The summed E-state index contributed by atoms with van der Waals surface area (Å²) in [7, 11) is 5.07. The van der Waals surface area contributed by atoms with E-state index in [0.717, 1.165) is 25.1 Å². The van der Waals surface area contributed by atoms with Crippen LogP contribution in [0.25, 0.3) is 0 Å². The van der Waals surface area contributed by atoms with Crippen molar-refractivity contribution in [2.45, 2.75) is 18.4 Å². The lowest BCUT2D eigenvalue weighted by atomic mass is 9.87. The van der Waals surface area contributed by atoms with Crippen molar-refractivity contribution in [2.24, 2.45) is 5.73 Å². The second kappa shape index (κ2) is 8.77. The number of hydrogen-bond acceptors (Lipinski definition) is 5. The molecule has 5 heteroatoms. The molecule has 5 nitrogen and oxygen atoms in total. The van der Waals surface area contributed by atoms with Gasteiger partial charge in [0, 0.05) is 26.8 Å². The Kier molecular flexibility index (Phi) is 7.36. The van der Waals surface area contributed by atoms with Gasteiger partial charge in [-0.25, -0.2) is 4.79 Å². The zero-order valence-electron chi connectivity index (χ0n) is 13.2. The molecule has 0 saturated heterocycles. The Morgan fingerprint density at radius 3 is 2.48 bits per heavy atom. The molecule has 0 aliphatic heterocycles. The zero-order valence-corrected chi connectivity index (χ0v) is 13.2. The Labute approximate surface area is 127 Å². The molecular weight excluding hydrogens is 268 g/mol. The van der Waals surface area contributed by atoms with Gasteiger partial charge in [0.15, 0.2) is 0 Å². The first-order valence-electron chi connectivity index (χ1n) is 7.15. The molecule has 0 aliphatic rings. The second-order valence-corrected chi connectivity index (χ2v) is 5.23. The van der Waals surface area contributed by atoms with E-state index in [0.29, 0.717) is 13.0 Å². The summed E-state index contributed by atoms with van der Waals surface area (Å²) in [5, 5.41) is 0. The van der Waals surface area contributed by atoms with Crippen LogP contribution in [0.3, 0.4) is 0 Å². The molecule has 2 N–H and O–H groups in total. The van der Waals surface area contributed by atoms with Gasteiger partial charge in [-0.2, -0.15) is 0 Å². The van der Waals surface area contributed by atoms with Gasteiger partial charge in [-0.3, -0.25) is 0 Å². The van der Waals surface area contributed by atoms with Gasteiger partial charge < -0.3 is 20.1 Å². The smallest absolute Gasteiger partial charge is 0.330 e. The lowest BCUT2D eigenvalue weighted by Gasteiger charge is -2.29. The van der Waals surface area contributed by atoms with Gasteiger partial charge in [0.1, 0.15) is 5.54 Å². The third-order valence-electron chi connectivity index (χ3n) is 3.61. The standard InChI is InChI=1S/C16H26N2O3/c1-18(11-7-13-20-2)12-10-16(17,15(19)21-3)14-8-5-4-6-9-14/h4-6,8-9H,7,10-13,17H2,1-3H3. The minimum absolute atomic E-state index is 0.404. The number of hydrogen-bond donors (Lipinski definition) is 1. The van der Waals surface area contributed by atoms with Crippen molar-refractivity contribution >= 4 is 5.97 Å². The quantitative estimate of drug-likeness (QED) is 0.550. The number of esters is 1. The fraction of sp³-hybridized carbons (Fsp3) is 0.562. The van der Waals surface area contributed by atoms with E-state index in [-0.39, 0.29) is 0 Å². The molecule has 1 atom stereocenters. The molecule has 0 bridgehead atoms. The average molecular weight is 294 g/mol. The molecule has 0 saturated carbocycles. The van der Waals surface area contributed by atoms with Gasteiger partial charge in [-0.1, -0.05) is 30.3 Å². The number of nitrogens with two attached hydrogens (primary N) is 1. The highest BCUT2D eigenvalue weighted by Crippen LogP contribution is 2.24. The maximum absolute atomic E-state index is 12.1. The molecule has 0 amide bonds. The first kappa shape index (κ1) is 17.6. The number of nitrogens with zero attached hydrogens (tertiary/aromatic N) is 1. The van der Waals surface area contributed by atoms with Crippen molar-refractivity contribution in [1.29, 1.82) is 0 Å². The minimum Gasteiger partial charge on any atom is -0.467 e. The van der Waals surface area contributed by atoms with Crippen LogP contribution in [0.2, 0.25) is 0 Å². The van der Waals surface area contributed by atoms with Crippen LogP contribution in [0.5, 0.6) is 0 Å². The summed E-state index contributed by atoms with van der Waals surface area (Å²) < 4.78 is 9.94. The Morgan fingerprint density at radius 1 is 1.24 bits per heavy atom. The van der Waals surface area contributed by atoms with Crippen LogP contribution < -0.4 is 5.73 Å². The van der Waals surface area contributed by atoms with Crippen molar-refractivity contribution in [2.75, 3.05) is 41.0 Å². The average Bonchev–Trinajstić information content (AvgIpc) is 2.52. The van der Waals surface area contributed by atoms with E-state index in [4.69, 9.17) is 15.2 Å². The van der Waals surface area contributed by atoms with Gasteiger partial charge in [0.2, 0.25) is 0 Å². The van der Waals surface area contributed by atoms with Gasteiger partial charge in [0.25, 0.3) is 0 Å². The van der Waals surface area contributed by atoms with E-state index in [1.165, 1.54) is 7.11 Å². The lowest BCUT2D eigenvalue weighted by Crippen LogP contribution is -2.47. The summed E-state index contributed by atoms with van der Waals surface area (Å²) in [6.07, 6.45) is 1.46. The molecule has 0 spiro atoms. The van der Waals surface area contributed by atoms with Crippen LogP contribution in [0.4, 0.5) is 0 Å². The second-order valence-electron chi connectivity index (χ2n) is 5.23. The van der Waals surface area contributed by atoms with E-state index >= 15 is 0 Å². The van der Waals surface area contributed by atoms with Gasteiger partial charge in [0.05, 0.1) is 7.11 Å². The number of rotatable bonds is 9. The van der Waals surface area contributed by atoms with Crippen molar-refractivity contribution in [3.8, 4) is 0 Å². The lowest BCUT2D eigenvalue weighted by molar-refractivity contribution is -0.148. The SMILES string of the molecule is COCCCN(C)CCC(N)(C(=O)OC)c1ccccc1. The minimum atomic E-state index is -1.11. The summed E-state index contributed by atoms with van der Waals surface area (Å²) in [6, 6.07) is 9.38. The Morgan fingerprint density at radius 2 is 1.90 bits per heavy atom. The number of benzene rings is 1. The van der Waals surface area contributed by atoms with E-state index in [9.17, 15) is 4.79 Å². The van der Waals surface area contributed by atoms with Crippen molar-refractivity contribution in [3.05, 3.63) is 35.9 Å². The number of carbonyl (C=O) groups excluding carboxylic acids is 1. The number of carbonyl (C=O) groups is 1. The van der Waals surface area contributed by atoms with E-state index in [1.807, 2.05) is 37.4 Å². The molecule has 0 radical (unpaired) electrons. The molecule has 21 heavy (non-hydrogen) atoms. The van der Waals surface area contributed by atoms with Crippen LogP contribution in [0.15, 0.2) is 30.3 Å². The van der Waals surface area contributed by atoms with Crippen LogP contribution >= 0.6 is 0 Å². The number of ether oxygens (including phenoxy) is 2. The summed E-state index contributed by atoms with van der Waals surface area (Å²) in [4.78, 5) is 14.3. The van der Waals surface area contributed by atoms with Crippen molar-refractivity contribution in [3.63, 3.8) is 0 Å². The molecular formula is C16H26N2O3. The maximum atomic E-state index is 12.1. The fourth-order valence-corrected chi connectivity index (χ4v) is 2.24. The van der Waals surface area contributed by atoms with E-state index in [2.05, 4.69) is 4.90 Å². The first-order chi connectivity index (χ1) is 10.0.